The van der Waals surface area contributed by atoms with Crippen molar-refractivity contribution >= 4 is 41.7 Å². The molecule has 0 amide bonds. The third-order valence-corrected chi connectivity index (χ3v) is 3.44. The molecule has 0 heterocycles. The molecular weight excluding hydrogens is 381 g/mol. The van der Waals surface area contributed by atoms with Crippen LogP contribution in [0.5, 0.6) is 0 Å². The zero-order valence-corrected chi connectivity index (χ0v) is 15.9. The van der Waals surface area contributed by atoms with Crippen molar-refractivity contribution in [2.75, 3.05) is 19.3 Å². The first-order valence-electron chi connectivity index (χ1n) is 6.68. The third-order valence-electron chi connectivity index (χ3n) is 2.34. The van der Waals surface area contributed by atoms with Gasteiger partial charge in [-0.1, -0.05) is 18.2 Å². The molecule has 0 aromatic heterocycles. The van der Waals surface area contributed by atoms with Gasteiger partial charge in [0, 0.05) is 24.0 Å². The summed E-state index contributed by atoms with van der Waals surface area (Å²) in [6, 6.07) is 10.5. The van der Waals surface area contributed by atoms with E-state index in [9.17, 15) is 0 Å². The molecule has 3 nitrogen and oxygen atoms in total. The predicted octanol–water partition coefficient (Wildman–Crippen LogP) is 3.75. The Labute approximate surface area is 144 Å². The number of rotatable bonds is 5. The standard InChI is InChI=1S/C15H25N3S.HI/c1-15(2,3)18-14(16-4)17-11-8-12-19-13-9-6-5-7-10-13;/h5-7,9-10H,8,11-12H2,1-4H3,(H2,16,17,18);1H. The second-order valence-electron chi connectivity index (χ2n) is 5.39. The normalized spacial score (nSPS) is 11.7. The highest BCUT2D eigenvalue weighted by Gasteiger charge is 2.10. The van der Waals surface area contributed by atoms with Gasteiger partial charge in [0.1, 0.15) is 0 Å². The largest absolute Gasteiger partial charge is 0.356 e. The van der Waals surface area contributed by atoms with Crippen LogP contribution in [-0.4, -0.2) is 30.8 Å². The Morgan fingerprint density at radius 2 is 1.85 bits per heavy atom. The van der Waals surface area contributed by atoms with E-state index < -0.39 is 0 Å². The molecule has 0 bridgehead atoms. The highest BCUT2D eigenvalue weighted by atomic mass is 127. The second kappa shape index (κ2) is 10.3. The molecule has 0 unspecified atom stereocenters. The molecule has 2 N–H and O–H groups in total. The Hall–Kier alpha value is -0.430. The Morgan fingerprint density at radius 1 is 1.20 bits per heavy atom. The fourth-order valence-corrected chi connectivity index (χ4v) is 2.39. The first-order valence-corrected chi connectivity index (χ1v) is 7.66. The highest BCUT2D eigenvalue weighted by molar-refractivity contribution is 14.0. The Kier molecular flexibility index (Phi) is 10.1. The van der Waals surface area contributed by atoms with E-state index in [2.05, 4.69) is 60.7 Å². The molecule has 0 saturated carbocycles. The molecule has 1 aromatic carbocycles. The fraction of sp³-hybridized carbons (Fsp3) is 0.533. The predicted molar refractivity (Wildman–Crippen MR) is 101 cm³/mol. The Bertz CT molecular complexity index is 388. The monoisotopic (exact) mass is 407 g/mol. The SMILES string of the molecule is CN=C(NCCCSc1ccccc1)NC(C)(C)C.I. The van der Waals surface area contributed by atoms with Crippen LogP contribution >= 0.6 is 35.7 Å². The number of hydrogen-bond donors (Lipinski definition) is 2. The van der Waals surface area contributed by atoms with Gasteiger partial charge in [0.25, 0.3) is 0 Å². The van der Waals surface area contributed by atoms with Crippen molar-refractivity contribution in [3.8, 4) is 0 Å². The van der Waals surface area contributed by atoms with Gasteiger partial charge in [-0.25, -0.2) is 0 Å². The van der Waals surface area contributed by atoms with E-state index in [1.807, 2.05) is 17.8 Å². The van der Waals surface area contributed by atoms with Crippen molar-refractivity contribution in [2.45, 2.75) is 37.6 Å². The zero-order valence-electron chi connectivity index (χ0n) is 12.8. The average Bonchev–Trinajstić information content (AvgIpc) is 2.37. The summed E-state index contributed by atoms with van der Waals surface area (Å²) in [5.74, 6) is 1.99. The maximum atomic E-state index is 4.22. The van der Waals surface area contributed by atoms with E-state index >= 15 is 0 Å². The smallest absolute Gasteiger partial charge is 0.191 e. The van der Waals surface area contributed by atoms with Gasteiger partial charge in [0.15, 0.2) is 5.96 Å². The van der Waals surface area contributed by atoms with Crippen LogP contribution < -0.4 is 10.6 Å². The molecular formula is C15H26IN3S. The van der Waals surface area contributed by atoms with E-state index in [1.54, 1.807) is 7.05 Å². The van der Waals surface area contributed by atoms with Crippen LogP contribution in [0.3, 0.4) is 0 Å². The van der Waals surface area contributed by atoms with Crippen molar-refractivity contribution in [1.29, 1.82) is 0 Å². The summed E-state index contributed by atoms with van der Waals surface area (Å²) in [6.07, 6.45) is 1.12. The van der Waals surface area contributed by atoms with Crippen LogP contribution in [0.1, 0.15) is 27.2 Å². The van der Waals surface area contributed by atoms with Crippen LogP contribution in [0, 0.1) is 0 Å². The molecule has 0 aliphatic heterocycles. The molecule has 114 valence electrons. The summed E-state index contributed by atoms with van der Waals surface area (Å²) in [5.41, 5.74) is 0.0423. The van der Waals surface area contributed by atoms with Gasteiger partial charge < -0.3 is 10.6 Å². The second-order valence-corrected chi connectivity index (χ2v) is 6.56. The minimum Gasteiger partial charge on any atom is -0.356 e. The first-order chi connectivity index (χ1) is 9.01. The lowest BCUT2D eigenvalue weighted by Crippen LogP contribution is -2.47. The Balaban J connectivity index is 0.00000361. The molecule has 0 atom stereocenters. The van der Waals surface area contributed by atoms with Gasteiger partial charge in [-0.05, 0) is 45.1 Å². The zero-order chi connectivity index (χ0) is 14.1. The van der Waals surface area contributed by atoms with Crippen molar-refractivity contribution in [1.82, 2.24) is 10.6 Å². The number of hydrogen-bond acceptors (Lipinski definition) is 2. The lowest BCUT2D eigenvalue weighted by atomic mass is 10.1. The van der Waals surface area contributed by atoms with Gasteiger partial charge >= 0.3 is 0 Å². The first kappa shape index (κ1) is 19.6. The van der Waals surface area contributed by atoms with Gasteiger partial charge in [0.2, 0.25) is 0 Å². The van der Waals surface area contributed by atoms with Crippen LogP contribution in [-0.2, 0) is 0 Å². The van der Waals surface area contributed by atoms with E-state index in [0.717, 1.165) is 24.7 Å². The average molecular weight is 407 g/mol. The van der Waals surface area contributed by atoms with Crippen LogP contribution in [0.2, 0.25) is 0 Å². The lowest BCUT2D eigenvalue weighted by molar-refractivity contribution is 0.501. The maximum absolute atomic E-state index is 4.22. The van der Waals surface area contributed by atoms with Crippen molar-refractivity contribution in [3.05, 3.63) is 30.3 Å². The van der Waals surface area contributed by atoms with Crippen molar-refractivity contribution in [3.63, 3.8) is 0 Å². The summed E-state index contributed by atoms with van der Waals surface area (Å²) in [7, 11) is 1.81. The van der Waals surface area contributed by atoms with Crippen LogP contribution in [0.25, 0.3) is 0 Å². The van der Waals surface area contributed by atoms with Crippen LogP contribution in [0.15, 0.2) is 40.2 Å². The number of aliphatic imine (C=N–C) groups is 1. The molecule has 1 rings (SSSR count). The van der Waals surface area contributed by atoms with Gasteiger partial charge in [0.05, 0.1) is 0 Å². The van der Waals surface area contributed by atoms with Gasteiger partial charge in [-0.2, -0.15) is 0 Å². The maximum Gasteiger partial charge on any atom is 0.191 e. The van der Waals surface area contributed by atoms with E-state index in [1.165, 1.54) is 4.90 Å². The number of thioether (sulfide) groups is 1. The lowest BCUT2D eigenvalue weighted by Gasteiger charge is -2.23. The molecule has 0 saturated heterocycles. The van der Waals surface area contributed by atoms with Gasteiger partial charge in [-0.15, -0.1) is 35.7 Å². The molecule has 0 radical (unpaired) electrons. The molecule has 0 fully saturated rings. The number of nitrogens with zero attached hydrogens (tertiary/aromatic N) is 1. The quantitative estimate of drug-likeness (QED) is 0.257. The summed E-state index contributed by atoms with van der Waals surface area (Å²) in [5, 5.41) is 6.68. The third kappa shape index (κ3) is 9.47. The summed E-state index contributed by atoms with van der Waals surface area (Å²) >= 11 is 1.89. The highest BCUT2D eigenvalue weighted by Crippen LogP contribution is 2.17. The minimum atomic E-state index is 0. The van der Waals surface area contributed by atoms with E-state index in [0.29, 0.717) is 0 Å². The molecule has 0 aliphatic rings. The van der Waals surface area contributed by atoms with Crippen molar-refractivity contribution < 1.29 is 0 Å². The molecule has 20 heavy (non-hydrogen) atoms. The molecule has 0 aliphatic carbocycles. The number of halogens is 1. The molecule has 0 spiro atoms. The fourth-order valence-electron chi connectivity index (χ4n) is 1.52. The van der Waals surface area contributed by atoms with Gasteiger partial charge in [-0.3, -0.25) is 4.99 Å². The van der Waals surface area contributed by atoms with E-state index in [-0.39, 0.29) is 29.5 Å². The minimum absolute atomic E-state index is 0. The number of benzene rings is 1. The summed E-state index contributed by atoms with van der Waals surface area (Å²) in [4.78, 5) is 5.55. The van der Waals surface area contributed by atoms with Crippen LogP contribution in [0.4, 0.5) is 0 Å². The van der Waals surface area contributed by atoms with Crippen molar-refractivity contribution in [2.24, 2.45) is 4.99 Å². The molecule has 5 heteroatoms. The summed E-state index contributed by atoms with van der Waals surface area (Å²) in [6.45, 7) is 7.33. The topological polar surface area (TPSA) is 36.4 Å². The number of guanidine groups is 1. The molecule has 1 aromatic rings. The number of nitrogens with one attached hydrogen (secondary N) is 2. The Morgan fingerprint density at radius 3 is 2.40 bits per heavy atom. The van der Waals surface area contributed by atoms with E-state index in [4.69, 9.17) is 0 Å². The summed E-state index contributed by atoms with van der Waals surface area (Å²) < 4.78 is 0.